The van der Waals surface area contributed by atoms with Gasteiger partial charge in [0.05, 0.1) is 14.7 Å². The monoisotopic (exact) mass is 284 g/mol. The van der Waals surface area contributed by atoms with E-state index in [4.69, 9.17) is 4.74 Å². The Kier molecular flexibility index (Phi) is 5.22. The van der Waals surface area contributed by atoms with Crippen LogP contribution in [0.4, 0.5) is 0 Å². The Balaban J connectivity index is 1.81. The van der Waals surface area contributed by atoms with Gasteiger partial charge in [0.15, 0.2) is 0 Å². The predicted octanol–water partition coefficient (Wildman–Crippen LogP) is 3.59. The van der Waals surface area contributed by atoms with Crippen LogP contribution >= 0.6 is 0 Å². The molecule has 0 unspecified atom stereocenters. The van der Waals surface area contributed by atoms with Gasteiger partial charge in [0, 0.05) is 0 Å². The van der Waals surface area contributed by atoms with E-state index in [1.807, 2.05) is 6.92 Å². The molecule has 0 bridgehead atoms. The fourth-order valence-electron chi connectivity index (χ4n) is 2.82. The standard InChI is InChI=1S/C18H24OSi/c1-4-5-13-19-14-9-10-16-15-18(16)20(2,3)17-11-7-6-8-12-17/h6-12,16,18H,13-15H2,1-3H3/b10-9+/t16-,18-/m0/s1. The van der Waals surface area contributed by atoms with Crippen molar-refractivity contribution in [1.29, 1.82) is 0 Å². The number of ether oxygens (including phenoxy) is 1. The van der Waals surface area contributed by atoms with Crippen LogP contribution in [0, 0.1) is 17.8 Å². The molecule has 1 aromatic rings. The average molecular weight is 284 g/mol. The predicted molar refractivity (Wildman–Crippen MR) is 88.8 cm³/mol. The molecule has 1 nitrogen and oxygen atoms in total. The zero-order chi connectivity index (χ0) is 14.4. The van der Waals surface area contributed by atoms with E-state index in [9.17, 15) is 0 Å². The molecule has 0 amide bonds. The van der Waals surface area contributed by atoms with Crippen LogP contribution in [0.25, 0.3) is 0 Å². The molecule has 0 spiro atoms. The molecular formula is C18H24OSi. The van der Waals surface area contributed by atoms with Gasteiger partial charge in [-0.3, -0.25) is 0 Å². The molecule has 1 saturated carbocycles. The maximum atomic E-state index is 5.41. The lowest BCUT2D eigenvalue weighted by Gasteiger charge is -2.23. The van der Waals surface area contributed by atoms with Crippen LogP contribution in [0.1, 0.15) is 13.3 Å². The minimum absolute atomic E-state index is 0.541. The lowest BCUT2D eigenvalue weighted by molar-refractivity contribution is 0.199. The molecule has 2 atom stereocenters. The summed E-state index contributed by atoms with van der Waals surface area (Å²) in [6.45, 7) is 8.05. The lowest BCUT2D eigenvalue weighted by atomic mass is 10.4. The van der Waals surface area contributed by atoms with E-state index in [2.05, 4.69) is 67.4 Å². The SMILES string of the molecule is CC#CCOC/C=C/[C@H]1C[C@@H]1[Si](C)(C)c1ccccc1. The van der Waals surface area contributed by atoms with Gasteiger partial charge in [-0.1, -0.05) is 66.7 Å². The highest BCUT2D eigenvalue weighted by molar-refractivity contribution is 6.91. The summed E-state index contributed by atoms with van der Waals surface area (Å²) in [5.41, 5.74) is 0.886. The number of rotatable bonds is 6. The summed E-state index contributed by atoms with van der Waals surface area (Å²) in [4.78, 5) is 0. The van der Waals surface area contributed by atoms with Crippen molar-refractivity contribution in [3.63, 3.8) is 0 Å². The summed E-state index contributed by atoms with van der Waals surface area (Å²) >= 11 is 0. The zero-order valence-corrected chi connectivity index (χ0v) is 13.7. The van der Waals surface area contributed by atoms with Gasteiger partial charge in [-0.15, -0.1) is 5.92 Å². The number of hydrogen-bond acceptors (Lipinski definition) is 1. The van der Waals surface area contributed by atoms with Crippen molar-refractivity contribution in [2.24, 2.45) is 5.92 Å². The third kappa shape index (κ3) is 3.85. The molecule has 106 valence electrons. The van der Waals surface area contributed by atoms with Crippen LogP contribution in [0.15, 0.2) is 42.5 Å². The minimum atomic E-state index is -1.30. The van der Waals surface area contributed by atoms with E-state index >= 15 is 0 Å². The van der Waals surface area contributed by atoms with Crippen molar-refractivity contribution >= 4 is 13.3 Å². The van der Waals surface area contributed by atoms with Crippen molar-refractivity contribution in [3.8, 4) is 11.8 Å². The highest BCUT2D eigenvalue weighted by Gasteiger charge is 2.47. The lowest BCUT2D eigenvalue weighted by Crippen LogP contribution is -2.42. The minimum Gasteiger partial charge on any atom is -0.365 e. The molecule has 1 aliphatic rings. The quantitative estimate of drug-likeness (QED) is 0.336. The van der Waals surface area contributed by atoms with Crippen molar-refractivity contribution in [3.05, 3.63) is 42.5 Å². The first kappa shape index (κ1) is 15.1. The largest absolute Gasteiger partial charge is 0.365 e. The van der Waals surface area contributed by atoms with Gasteiger partial charge in [-0.2, -0.15) is 0 Å². The van der Waals surface area contributed by atoms with E-state index in [1.165, 1.54) is 6.42 Å². The van der Waals surface area contributed by atoms with Gasteiger partial charge in [-0.05, 0) is 24.8 Å². The van der Waals surface area contributed by atoms with E-state index in [0.29, 0.717) is 13.2 Å². The number of hydrogen-bond donors (Lipinski definition) is 0. The fraction of sp³-hybridized carbons (Fsp3) is 0.444. The van der Waals surface area contributed by atoms with Crippen LogP contribution in [0.5, 0.6) is 0 Å². The highest BCUT2D eigenvalue weighted by atomic mass is 28.3. The fourth-order valence-corrected chi connectivity index (χ4v) is 6.34. The summed E-state index contributed by atoms with van der Waals surface area (Å²) in [7, 11) is -1.30. The molecule has 1 fully saturated rings. The molecule has 1 aromatic carbocycles. The van der Waals surface area contributed by atoms with Gasteiger partial charge in [0.25, 0.3) is 0 Å². The van der Waals surface area contributed by atoms with Gasteiger partial charge in [0.1, 0.15) is 6.61 Å². The smallest absolute Gasteiger partial charge is 0.108 e. The van der Waals surface area contributed by atoms with E-state index in [-0.39, 0.29) is 0 Å². The molecule has 0 saturated heterocycles. The molecule has 0 aliphatic heterocycles. The van der Waals surface area contributed by atoms with Crippen LogP contribution in [0.3, 0.4) is 0 Å². The van der Waals surface area contributed by atoms with Gasteiger partial charge in [-0.25, -0.2) is 0 Å². The zero-order valence-electron chi connectivity index (χ0n) is 12.7. The van der Waals surface area contributed by atoms with Crippen molar-refractivity contribution in [2.45, 2.75) is 32.0 Å². The van der Waals surface area contributed by atoms with Crippen LogP contribution in [-0.4, -0.2) is 21.3 Å². The van der Waals surface area contributed by atoms with E-state index in [1.54, 1.807) is 5.19 Å². The summed E-state index contributed by atoms with van der Waals surface area (Å²) < 4.78 is 5.41. The summed E-state index contributed by atoms with van der Waals surface area (Å²) in [6, 6.07) is 11.0. The number of allylic oxidation sites excluding steroid dienone is 1. The molecule has 2 heteroatoms. The molecule has 1 aliphatic carbocycles. The second-order valence-electron chi connectivity index (χ2n) is 5.96. The number of benzene rings is 1. The van der Waals surface area contributed by atoms with Gasteiger partial charge >= 0.3 is 0 Å². The first-order valence-electron chi connectivity index (χ1n) is 7.36. The van der Waals surface area contributed by atoms with E-state index < -0.39 is 8.07 Å². The summed E-state index contributed by atoms with van der Waals surface area (Å²) in [5, 5.41) is 1.58. The molecule has 0 heterocycles. The second kappa shape index (κ2) is 6.92. The van der Waals surface area contributed by atoms with Crippen LogP contribution < -0.4 is 5.19 Å². The Morgan fingerprint density at radius 3 is 2.75 bits per heavy atom. The molecule has 0 radical (unpaired) electrons. The van der Waals surface area contributed by atoms with Crippen LogP contribution in [-0.2, 0) is 4.74 Å². The molecule has 20 heavy (non-hydrogen) atoms. The first-order chi connectivity index (χ1) is 9.66. The van der Waals surface area contributed by atoms with Gasteiger partial charge < -0.3 is 4.74 Å². The second-order valence-corrected chi connectivity index (χ2v) is 10.7. The van der Waals surface area contributed by atoms with Crippen molar-refractivity contribution in [2.75, 3.05) is 13.2 Å². The van der Waals surface area contributed by atoms with E-state index in [0.717, 1.165) is 11.5 Å². The topological polar surface area (TPSA) is 9.23 Å². The normalized spacial score (nSPS) is 21.6. The van der Waals surface area contributed by atoms with Crippen molar-refractivity contribution < 1.29 is 4.74 Å². The van der Waals surface area contributed by atoms with Crippen molar-refractivity contribution in [1.82, 2.24) is 0 Å². The maximum absolute atomic E-state index is 5.41. The Morgan fingerprint density at radius 1 is 1.30 bits per heavy atom. The summed E-state index contributed by atoms with van der Waals surface area (Å²) in [5.74, 6) is 6.50. The highest BCUT2D eigenvalue weighted by Crippen LogP contribution is 2.52. The molecular weight excluding hydrogens is 260 g/mol. The Hall–Kier alpha value is -1.30. The Morgan fingerprint density at radius 2 is 2.05 bits per heavy atom. The molecule has 2 rings (SSSR count). The first-order valence-corrected chi connectivity index (χ1v) is 10.4. The summed E-state index contributed by atoms with van der Waals surface area (Å²) in [6.07, 6.45) is 5.86. The Labute approximate surface area is 124 Å². The third-order valence-electron chi connectivity index (χ3n) is 4.23. The molecule has 0 aromatic heterocycles. The third-order valence-corrected chi connectivity index (χ3v) is 8.57. The van der Waals surface area contributed by atoms with Crippen LogP contribution in [0.2, 0.25) is 18.6 Å². The average Bonchev–Trinajstić information content (AvgIpc) is 3.24. The Bertz CT molecular complexity index is 507. The van der Waals surface area contributed by atoms with Gasteiger partial charge in [0.2, 0.25) is 0 Å². The molecule has 0 N–H and O–H groups in total. The maximum Gasteiger partial charge on any atom is 0.108 e.